The second kappa shape index (κ2) is 6.91. The van der Waals surface area contributed by atoms with E-state index in [1.54, 1.807) is 37.3 Å². The van der Waals surface area contributed by atoms with E-state index in [0.717, 1.165) is 0 Å². The van der Waals surface area contributed by atoms with Gasteiger partial charge in [0.15, 0.2) is 0 Å². The number of sulfonamides is 1. The average Bonchev–Trinajstić information content (AvgIpc) is 2.50. The van der Waals surface area contributed by atoms with E-state index in [0.29, 0.717) is 10.7 Å². The maximum absolute atomic E-state index is 12.2. The molecule has 22 heavy (non-hydrogen) atoms. The average molecular weight is 339 g/mol. The van der Waals surface area contributed by atoms with Crippen molar-refractivity contribution in [3.8, 4) is 0 Å². The molecule has 0 aliphatic carbocycles. The fourth-order valence-corrected chi connectivity index (χ4v) is 3.03. The topological polar surface area (TPSA) is 75.3 Å². The van der Waals surface area contributed by atoms with Crippen LogP contribution in [0.2, 0.25) is 5.02 Å². The van der Waals surface area contributed by atoms with Gasteiger partial charge in [0.2, 0.25) is 10.0 Å². The van der Waals surface area contributed by atoms with Crippen molar-refractivity contribution in [2.45, 2.75) is 11.8 Å². The fourth-order valence-electron chi connectivity index (χ4n) is 1.81. The van der Waals surface area contributed by atoms with Gasteiger partial charge >= 0.3 is 0 Å². The van der Waals surface area contributed by atoms with Crippen molar-refractivity contribution in [3.63, 3.8) is 0 Å². The number of benzene rings is 2. The Hall–Kier alpha value is -1.89. The zero-order chi connectivity index (χ0) is 16.2. The lowest BCUT2D eigenvalue weighted by Gasteiger charge is -2.08. The van der Waals surface area contributed by atoms with E-state index in [1.165, 1.54) is 18.2 Å². The highest BCUT2D eigenvalue weighted by Gasteiger charge is 2.15. The number of halogens is 1. The monoisotopic (exact) mass is 338 g/mol. The number of rotatable bonds is 5. The largest absolute Gasteiger partial charge is 0.322 e. The van der Waals surface area contributed by atoms with Gasteiger partial charge in [0.05, 0.1) is 4.90 Å². The Morgan fingerprint density at radius 1 is 1.14 bits per heavy atom. The van der Waals surface area contributed by atoms with Crippen LogP contribution < -0.4 is 10.0 Å². The van der Waals surface area contributed by atoms with Crippen molar-refractivity contribution < 1.29 is 13.2 Å². The highest BCUT2D eigenvalue weighted by Crippen LogP contribution is 2.16. The zero-order valence-electron chi connectivity index (χ0n) is 11.8. The van der Waals surface area contributed by atoms with Crippen LogP contribution in [0.3, 0.4) is 0 Å². The van der Waals surface area contributed by atoms with Crippen LogP contribution >= 0.6 is 11.6 Å². The number of carbonyl (C=O) groups excluding carboxylic acids is 1. The molecule has 0 aliphatic rings. The predicted molar refractivity (Wildman–Crippen MR) is 86.7 cm³/mol. The molecule has 0 unspecified atom stereocenters. The van der Waals surface area contributed by atoms with E-state index in [1.807, 2.05) is 0 Å². The highest BCUT2D eigenvalue weighted by atomic mass is 35.5. The Morgan fingerprint density at radius 2 is 1.82 bits per heavy atom. The summed E-state index contributed by atoms with van der Waals surface area (Å²) in [6, 6.07) is 12.5. The zero-order valence-corrected chi connectivity index (χ0v) is 13.4. The van der Waals surface area contributed by atoms with Crippen molar-refractivity contribution in [2.75, 3.05) is 11.9 Å². The molecule has 0 radical (unpaired) electrons. The highest BCUT2D eigenvalue weighted by molar-refractivity contribution is 7.89. The maximum Gasteiger partial charge on any atom is 0.255 e. The Bertz CT molecular complexity index is 774. The minimum atomic E-state index is -3.59. The number of hydrogen-bond donors (Lipinski definition) is 2. The van der Waals surface area contributed by atoms with Gasteiger partial charge in [-0.2, -0.15) is 0 Å². The Morgan fingerprint density at radius 3 is 2.45 bits per heavy atom. The summed E-state index contributed by atoms with van der Waals surface area (Å²) in [5.41, 5.74) is 0.836. The lowest BCUT2D eigenvalue weighted by Crippen LogP contribution is -2.23. The third-order valence-corrected chi connectivity index (χ3v) is 4.64. The third-order valence-electron chi connectivity index (χ3n) is 2.84. The summed E-state index contributed by atoms with van der Waals surface area (Å²) in [6.45, 7) is 1.97. The Balaban J connectivity index is 2.22. The van der Waals surface area contributed by atoms with Gasteiger partial charge < -0.3 is 5.32 Å². The van der Waals surface area contributed by atoms with Crippen LogP contribution in [0.5, 0.6) is 0 Å². The molecular formula is C15H15ClN2O3S. The van der Waals surface area contributed by atoms with Gasteiger partial charge in [-0.25, -0.2) is 13.1 Å². The molecule has 0 fully saturated rings. The minimum Gasteiger partial charge on any atom is -0.322 e. The summed E-state index contributed by atoms with van der Waals surface area (Å²) >= 11 is 5.78. The van der Waals surface area contributed by atoms with Crippen LogP contribution in [-0.2, 0) is 10.0 Å². The van der Waals surface area contributed by atoms with Gasteiger partial charge in [-0.3, -0.25) is 4.79 Å². The molecule has 0 spiro atoms. The molecule has 2 N–H and O–H groups in total. The fraction of sp³-hybridized carbons (Fsp3) is 0.133. The first-order chi connectivity index (χ1) is 10.4. The summed E-state index contributed by atoms with van der Waals surface area (Å²) in [7, 11) is -3.59. The molecule has 0 aliphatic heterocycles. The molecule has 2 aromatic rings. The number of carbonyl (C=O) groups is 1. The Kier molecular flexibility index (Phi) is 5.18. The molecule has 2 aromatic carbocycles. The van der Waals surface area contributed by atoms with Crippen LogP contribution in [0, 0.1) is 0 Å². The first kappa shape index (κ1) is 16.5. The van der Waals surface area contributed by atoms with Crippen molar-refractivity contribution >= 4 is 33.2 Å². The lowest BCUT2D eigenvalue weighted by molar-refractivity contribution is 0.102. The molecule has 1 amide bonds. The van der Waals surface area contributed by atoms with Crippen LogP contribution in [0.15, 0.2) is 53.4 Å². The normalized spacial score (nSPS) is 11.2. The van der Waals surface area contributed by atoms with E-state index < -0.39 is 15.9 Å². The predicted octanol–water partition coefficient (Wildman–Crippen LogP) is 2.89. The number of anilines is 1. The minimum absolute atomic E-state index is 0.0538. The summed E-state index contributed by atoms with van der Waals surface area (Å²) in [5.74, 6) is -0.393. The van der Waals surface area contributed by atoms with Gasteiger partial charge in [-0.15, -0.1) is 0 Å². The van der Waals surface area contributed by atoms with E-state index in [-0.39, 0.29) is 17.0 Å². The van der Waals surface area contributed by atoms with Gasteiger partial charge in [0.25, 0.3) is 5.91 Å². The van der Waals surface area contributed by atoms with Gasteiger partial charge in [0, 0.05) is 22.8 Å². The summed E-state index contributed by atoms with van der Waals surface area (Å²) in [4.78, 5) is 12.2. The molecule has 0 saturated heterocycles. The maximum atomic E-state index is 12.2. The molecule has 0 saturated carbocycles. The van der Waals surface area contributed by atoms with Crippen LogP contribution in [0.4, 0.5) is 5.69 Å². The van der Waals surface area contributed by atoms with Gasteiger partial charge in [-0.05, 0) is 42.5 Å². The molecule has 116 valence electrons. The first-order valence-electron chi connectivity index (χ1n) is 6.59. The molecule has 5 nitrogen and oxygen atoms in total. The van der Waals surface area contributed by atoms with Gasteiger partial charge in [0.1, 0.15) is 0 Å². The number of nitrogens with one attached hydrogen (secondary N) is 2. The first-order valence-corrected chi connectivity index (χ1v) is 8.45. The van der Waals surface area contributed by atoms with E-state index in [2.05, 4.69) is 10.0 Å². The van der Waals surface area contributed by atoms with E-state index in [4.69, 9.17) is 11.6 Å². The SMILES string of the molecule is CCNS(=O)(=O)c1cccc(C(=O)Nc2ccc(Cl)cc2)c1. The molecule has 0 heterocycles. The summed E-state index contributed by atoms with van der Waals surface area (Å²) in [6.07, 6.45) is 0. The molecule has 7 heteroatoms. The van der Waals surface area contributed by atoms with Gasteiger partial charge in [-0.1, -0.05) is 24.6 Å². The van der Waals surface area contributed by atoms with Crippen molar-refractivity contribution in [1.29, 1.82) is 0 Å². The van der Waals surface area contributed by atoms with Crippen molar-refractivity contribution in [3.05, 3.63) is 59.1 Å². The van der Waals surface area contributed by atoms with Crippen LogP contribution in [0.25, 0.3) is 0 Å². The van der Waals surface area contributed by atoms with Crippen molar-refractivity contribution in [1.82, 2.24) is 4.72 Å². The van der Waals surface area contributed by atoms with E-state index in [9.17, 15) is 13.2 Å². The smallest absolute Gasteiger partial charge is 0.255 e. The van der Waals surface area contributed by atoms with Crippen molar-refractivity contribution in [2.24, 2.45) is 0 Å². The second-order valence-corrected chi connectivity index (χ2v) is 6.69. The third kappa shape index (κ3) is 4.07. The summed E-state index contributed by atoms with van der Waals surface area (Å²) < 4.78 is 26.3. The molecule has 0 atom stereocenters. The standard InChI is InChI=1S/C15H15ClN2O3S/c1-2-17-22(20,21)14-5-3-4-11(10-14)15(19)18-13-8-6-12(16)7-9-13/h3-10,17H,2H2,1H3,(H,18,19). The number of amides is 1. The van der Waals surface area contributed by atoms with E-state index >= 15 is 0 Å². The van der Waals surface area contributed by atoms with Crippen LogP contribution in [0.1, 0.15) is 17.3 Å². The molecule has 2 rings (SSSR count). The molecular weight excluding hydrogens is 324 g/mol. The quantitative estimate of drug-likeness (QED) is 0.880. The van der Waals surface area contributed by atoms with Crippen LogP contribution in [-0.4, -0.2) is 20.9 Å². The number of hydrogen-bond acceptors (Lipinski definition) is 3. The summed E-state index contributed by atoms with van der Waals surface area (Å²) in [5, 5.41) is 3.25. The molecule has 0 bridgehead atoms. The second-order valence-electron chi connectivity index (χ2n) is 4.49. The Labute approximate surface area is 134 Å². The molecule has 0 aromatic heterocycles. The lowest BCUT2D eigenvalue weighted by atomic mass is 10.2.